The fourth-order valence-electron chi connectivity index (χ4n) is 1.38. The van der Waals surface area contributed by atoms with E-state index in [0.717, 1.165) is 6.26 Å². The van der Waals surface area contributed by atoms with E-state index in [9.17, 15) is 18.3 Å². The van der Waals surface area contributed by atoms with Crippen molar-refractivity contribution in [3.63, 3.8) is 0 Å². The number of rotatable bonds is 3. The van der Waals surface area contributed by atoms with Crippen LogP contribution in [0.15, 0.2) is 0 Å². The van der Waals surface area contributed by atoms with E-state index in [-0.39, 0.29) is 13.1 Å². The molecule has 1 rings (SSSR count). The molecule has 0 atom stereocenters. The number of carbonyl (C=O) groups excluding carboxylic acids is 1. The van der Waals surface area contributed by atoms with Gasteiger partial charge >= 0.3 is 0 Å². The molecule has 1 aliphatic heterocycles. The number of carbonyl (C=O) groups is 1. The largest absolute Gasteiger partial charge is 0.386 e. The number of hydrogen-bond donors (Lipinski definition) is 1. The first kappa shape index (κ1) is 11.5. The van der Waals surface area contributed by atoms with Gasteiger partial charge in [0.25, 0.3) is 0 Å². The van der Waals surface area contributed by atoms with Crippen LogP contribution in [0.5, 0.6) is 0 Å². The highest BCUT2D eigenvalue weighted by atomic mass is 32.2. The summed E-state index contributed by atoms with van der Waals surface area (Å²) in [5.41, 5.74) is -0.798. The zero-order chi connectivity index (χ0) is 11.0. The quantitative estimate of drug-likeness (QED) is 0.664. The Balaban J connectivity index is 2.45. The van der Waals surface area contributed by atoms with Crippen LogP contribution in [0.3, 0.4) is 0 Å². The van der Waals surface area contributed by atoms with Crippen LogP contribution >= 0.6 is 0 Å². The third-order valence-electron chi connectivity index (χ3n) is 2.37. The lowest BCUT2D eigenvalue weighted by atomic mass is 9.91. The highest BCUT2D eigenvalue weighted by molar-refractivity contribution is 7.91. The summed E-state index contributed by atoms with van der Waals surface area (Å²) in [5, 5.41) is 9.59. The Bertz CT molecular complexity index is 329. The first-order valence-corrected chi connectivity index (χ1v) is 6.50. The normalized spacial score (nSPS) is 20.4. The smallest absolute Gasteiger partial charge is 0.237 e. The van der Waals surface area contributed by atoms with Crippen LogP contribution in [0.2, 0.25) is 0 Å². The Hall–Kier alpha value is -0.620. The average molecular weight is 221 g/mol. The van der Waals surface area contributed by atoms with E-state index in [1.54, 1.807) is 0 Å². The van der Waals surface area contributed by atoms with Gasteiger partial charge in [0.15, 0.2) is 9.84 Å². The minimum atomic E-state index is -3.26. The van der Waals surface area contributed by atoms with Crippen molar-refractivity contribution in [3.8, 4) is 0 Å². The van der Waals surface area contributed by atoms with Gasteiger partial charge in [0, 0.05) is 6.26 Å². The maximum Gasteiger partial charge on any atom is 0.237 e. The van der Waals surface area contributed by atoms with Crippen molar-refractivity contribution in [2.45, 2.75) is 18.9 Å². The number of β-amino-alcohol motifs (C(OH)–C–C–N with tert-alkyl or cyclic N) is 1. The molecular weight excluding hydrogens is 206 g/mol. The number of nitrogens with zero attached hydrogens (tertiary/aromatic N) is 1. The number of sulfone groups is 1. The van der Waals surface area contributed by atoms with Crippen LogP contribution in [0.25, 0.3) is 0 Å². The average Bonchev–Trinajstić information content (AvgIpc) is 1.95. The highest BCUT2D eigenvalue weighted by Crippen LogP contribution is 2.23. The Labute approximate surface area is 83.6 Å². The van der Waals surface area contributed by atoms with E-state index in [2.05, 4.69) is 0 Å². The molecule has 0 bridgehead atoms. The molecule has 1 aliphatic rings. The lowest BCUT2D eigenvalue weighted by Crippen LogP contribution is -2.63. The summed E-state index contributed by atoms with van der Waals surface area (Å²) in [5.74, 6) is -0.891. The second kappa shape index (κ2) is 3.51. The standard InChI is InChI=1S/C8H15NO4S/c1-3-8(11)5-9(6-8)7(10)4-14(2,12)13/h11H,3-6H2,1-2H3. The molecule has 5 nitrogen and oxygen atoms in total. The predicted molar refractivity (Wildman–Crippen MR) is 51.5 cm³/mol. The second-order valence-electron chi connectivity index (χ2n) is 3.90. The van der Waals surface area contributed by atoms with Crippen molar-refractivity contribution in [1.82, 2.24) is 4.90 Å². The Morgan fingerprint density at radius 2 is 2.00 bits per heavy atom. The zero-order valence-corrected chi connectivity index (χ0v) is 9.17. The number of amides is 1. The van der Waals surface area contributed by atoms with Crippen molar-refractivity contribution < 1.29 is 18.3 Å². The lowest BCUT2D eigenvalue weighted by Gasteiger charge is -2.46. The maximum absolute atomic E-state index is 11.3. The van der Waals surface area contributed by atoms with Crippen LogP contribution < -0.4 is 0 Å². The van der Waals surface area contributed by atoms with E-state index in [0.29, 0.717) is 6.42 Å². The van der Waals surface area contributed by atoms with Gasteiger partial charge in [0.1, 0.15) is 5.75 Å². The first-order valence-electron chi connectivity index (χ1n) is 4.44. The molecule has 0 radical (unpaired) electrons. The maximum atomic E-state index is 11.3. The fourth-order valence-corrected chi connectivity index (χ4v) is 2.01. The molecular formula is C8H15NO4S. The Morgan fingerprint density at radius 3 is 2.36 bits per heavy atom. The van der Waals surface area contributed by atoms with Crippen LogP contribution in [0, 0.1) is 0 Å². The van der Waals surface area contributed by atoms with Crippen molar-refractivity contribution in [2.75, 3.05) is 25.1 Å². The molecule has 1 saturated heterocycles. The SMILES string of the molecule is CCC1(O)CN(C(=O)CS(C)(=O)=O)C1. The first-order chi connectivity index (χ1) is 6.26. The number of hydrogen-bond acceptors (Lipinski definition) is 4. The van der Waals surface area contributed by atoms with Crippen molar-refractivity contribution in [3.05, 3.63) is 0 Å². The molecule has 0 aromatic heterocycles. The van der Waals surface area contributed by atoms with Crippen LogP contribution in [0.4, 0.5) is 0 Å². The van der Waals surface area contributed by atoms with E-state index >= 15 is 0 Å². The highest BCUT2D eigenvalue weighted by Gasteiger charge is 2.42. The molecule has 1 N–H and O–H groups in total. The van der Waals surface area contributed by atoms with Crippen molar-refractivity contribution >= 4 is 15.7 Å². The van der Waals surface area contributed by atoms with Gasteiger partial charge in [0.05, 0.1) is 18.7 Å². The van der Waals surface area contributed by atoms with Gasteiger partial charge in [-0.2, -0.15) is 0 Å². The molecule has 1 fully saturated rings. The minimum Gasteiger partial charge on any atom is -0.386 e. The van der Waals surface area contributed by atoms with Gasteiger partial charge in [0.2, 0.25) is 5.91 Å². The molecule has 82 valence electrons. The molecule has 1 amide bonds. The summed E-state index contributed by atoms with van der Waals surface area (Å²) in [6, 6.07) is 0. The summed E-state index contributed by atoms with van der Waals surface area (Å²) in [4.78, 5) is 12.6. The van der Waals surface area contributed by atoms with E-state index < -0.39 is 27.1 Å². The molecule has 14 heavy (non-hydrogen) atoms. The Morgan fingerprint density at radius 1 is 1.50 bits per heavy atom. The summed E-state index contributed by atoms with van der Waals surface area (Å²) >= 11 is 0. The third-order valence-corrected chi connectivity index (χ3v) is 3.14. The van der Waals surface area contributed by atoms with Crippen molar-refractivity contribution in [1.29, 1.82) is 0 Å². The number of likely N-dealkylation sites (tertiary alicyclic amines) is 1. The molecule has 0 saturated carbocycles. The Kier molecular flexibility index (Phi) is 2.87. The zero-order valence-electron chi connectivity index (χ0n) is 8.36. The van der Waals surface area contributed by atoms with Crippen LogP contribution in [-0.2, 0) is 14.6 Å². The van der Waals surface area contributed by atoms with Gasteiger partial charge in [-0.3, -0.25) is 4.79 Å². The van der Waals surface area contributed by atoms with Gasteiger partial charge in [-0.15, -0.1) is 0 Å². The van der Waals surface area contributed by atoms with E-state index in [4.69, 9.17) is 0 Å². The molecule has 0 unspecified atom stereocenters. The minimum absolute atomic E-state index is 0.248. The monoisotopic (exact) mass is 221 g/mol. The summed E-state index contributed by atoms with van der Waals surface area (Å²) in [6.45, 7) is 2.33. The number of aliphatic hydroxyl groups is 1. The van der Waals surface area contributed by atoms with Gasteiger partial charge < -0.3 is 10.0 Å². The van der Waals surface area contributed by atoms with Crippen molar-refractivity contribution in [2.24, 2.45) is 0 Å². The summed E-state index contributed by atoms with van der Waals surface area (Å²) < 4.78 is 21.6. The second-order valence-corrected chi connectivity index (χ2v) is 6.04. The lowest BCUT2D eigenvalue weighted by molar-refractivity contribution is -0.152. The summed E-state index contributed by atoms with van der Waals surface area (Å²) in [6.07, 6.45) is 1.60. The third kappa shape index (κ3) is 2.68. The van der Waals surface area contributed by atoms with Gasteiger partial charge in [-0.05, 0) is 6.42 Å². The molecule has 6 heteroatoms. The molecule has 0 aromatic carbocycles. The van der Waals surface area contributed by atoms with Gasteiger partial charge in [-0.25, -0.2) is 8.42 Å². The van der Waals surface area contributed by atoms with E-state index in [1.165, 1.54) is 4.90 Å². The van der Waals surface area contributed by atoms with E-state index in [1.807, 2.05) is 6.92 Å². The summed E-state index contributed by atoms with van der Waals surface area (Å²) in [7, 11) is -3.26. The predicted octanol–water partition coefficient (Wildman–Crippen LogP) is -0.986. The molecule has 1 heterocycles. The van der Waals surface area contributed by atoms with Gasteiger partial charge in [-0.1, -0.05) is 6.92 Å². The topological polar surface area (TPSA) is 74.7 Å². The molecule has 0 spiro atoms. The molecule has 0 aromatic rings. The van der Waals surface area contributed by atoms with Crippen LogP contribution in [0.1, 0.15) is 13.3 Å². The molecule has 0 aliphatic carbocycles. The van der Waals surface area contributed by atoms with Crippen LogP contribution in [-0.4, -0.2) is 55.0 Å². The fraction of sp³-hybridized carbons (Fsp3) is 0.875.